The Morgan fingerprint density at radius 1 is 1.40 bits per heavy atom. The van der Waals surface area contributed by atoms with Gasteiger partial charge in [0.15, 0.2) is 0 Å². The van der Waals surface area contributed by atoms with E-state index in [0.717, 1.165) is 24.8 Å². The number of nitrogens with zero attached hydrogens (tertiary/aromatic N) is 3. The number of aromatic nitrogens is 2. The zero-order chi connectivity index (χ0) is 14.2. The van der Waals surface area contributed by atoms with Crippen molar-refractivity contribution in [3.8, 4) is 5.88 Å². The summed E-state index contributed by atoms with van der Waals surface area (Å²) in [5.74, 6) is 1.17. The molecule has 0 amide bonds. The summed E-state index contributed by atoms with van der Waals surface area (Å²) < 4.78 is 19.2. The lowest BCUT2D eigenvalue weighted by Crippen LogP contribution is -2.37. The SMILES string of the molecule is OCCNCC(O)COc1nsnc1N1CCOCC1. The quantitative estimate of drug-likeness (QED) is 0.509. The summed E-state index contributed by atoms with van der Waals surface area (Å²) in [6.45, 7) is 3.88. The summed E-state index contributed by atoms with van der Waals surface area (Å²) in [5.41, 5.74) is 0. The van der Waals surface area contributed by atoms with Crippen LogP contribution in [0.3, 0.4) is 0 Å². The standard InChI is InChI=1S/C11H20N4O4S/c16-4-1-12-7-9(17)8-19-11-10(13-20-14-11)15-2-5-18-6-3-15/h9,12,16-17H,1-8H2. The topological polar surface area (TPSA) is 100.0 Å². The Morgan fingerprint density at radius 3 is 2.95 bits per heavy atom. The highest BCUT2D eigenvalue weighted by Crippen LogP contribution is 2.26. The van der Waals surface area contributed by atoms with E-state index in [1.165, 1.54) is 0 Å². The second kappa shape index (κ2) is 8.32. The van der Waals surface area contributed by atoms with Crippen molar-refractivity contribution >= 4 is 17.5 Å². The molecule has 1 aromatic heterocycles. The van der Waals surface area contributed by atoms with Crippen LogP contribution in [0.1, 0.15) is 0 Å². The highest BCUT2D eigenvalue weighted by molar-refractivity contribution is 6.99. The summed E-state index contributed by atoms with van der Waals surface area (Å²) in [6.07, 6.45) is -0.652. The van der Waals surface area contributed by atoms with Crippen LogP contribution in [0.25, 0.3) is 0 Å². The maximum Gasteiger partial charge on any atom is 0.270 e. The van der Waals surface area contributed by atoms with Gasteiger partial charge in [0.1, 0.15) is 12.7 Å². The van der Waals surface area contributed by atoms with Gasteiger partial charge in [-0.25, -0.2) is 0 Å². The van der Waals surface area contributed by atoms with E-state index < -0.39 is 6.10 Å². The summed E-state index contributed by atoms with van der Waals surface area (Å²) in [4.78, 5) is 2.07. The Kier molecular flexibility index (Phi) is 6.40. The lowest BCUT2D eigenvalue weighted by molar-refractivity contribution is 0.102. The van der Waals surface area contributed by atoms with Crippen LogP contribution in [0.4, 0.5) is 5.82 Å². The van der Waals surface area contributed by atoms with Crippen molar-refractivity contribution in [1.29, 1.82) is 0 Å². The fraction of sp³-hybridized carbons (Fsp3) is 0.818. The summed E-state index contributed by atoms with van der Waals surface area (Å²) in [6, 6.07) is 0. The molecular weight excluding hydrogens is 284 g/mol. The molecule has 2 heterocycles. The van der Waals surface area contributed by atoms with E-state index in [4.69, 9.17) is 14.6 Å². The predicted octanol–water partition coefficient (Wildman–Crippen LogP) is -1.30. The van der Waals surface area contributed by atoms with Gasteiger partial charge < -0.3 is 29.9 Å². The van der Waals surface area contributed by atoms with Crippen LogP contribution >= 0.6 is 11.7 Å². The second-order valence-electron chi connectivity index (χ2n) is 4.38. The fourth-order valence-electron chi connectivity index (χ4n) is 1.82. The molecule has 0 radical (unpaired) electrons. The molecule has 1 unspecified atom stereocenters. The Labute approximate surface area is 121 Å². The van der Waals surface area contributed by atoms with Gasteiger partial charge in [0.05, 0.1) is 31.5 Å². The zero-order valence-electron chi connectivity index (χ0n) is 11.2. The number of anilines is 1. The molecular formula is C11H20N4O4S. The van der Waals surface area contributed by atoms with Crippen LogP contribution < -0.4 is 15.0 Å². The highest BCUT2D eigenvalue weighted by Gasteiger charge is 2.20. The smallest absolute Gasteiger partial charge is 0.270 e. The Morgan fingerprint density at radius 2 is 2.20 bits per heavy atom. The van der Waals surface area contributed by atoms with Crippen LogP contribution in [0.2, 0.25) is 0 Å². The van der Waals surface area contributed by atoms with E-state index in [2.05, 4.69) is 19.0 Å². The van der Waals surface area contributed by atoms with Crippen molar-refractivity contribution in [3.63, 3.8) is 0 Å². The first-order valence-electron chi connectivity index (χ1n) is 6.59. The number of hydrogen-bond acceptors (Lipinski definition) is 9. The number of nitrogens with one attached hydrogen (secondary N) is 1. The van der Waals surface area contributed by atoms with Crippen LogP contribution in [0.15, 0.2) is 0 Å². The third-order valence-electron chi connectivity index (χ3n) is 2.83. The lowest BCUT2D eigenvalue weighted by Gasteiger charge is -2.26. The van der Waals surface area contributed by atoms with E-state index >= 15 is 0 Å². The minimum absolute atomic E-state index is 0.0464. The summed E-state index contributed by atoms with van der Waals surface area (Å²) >= 11 is 1.10. The molecule has 1 saturated heterocycles. The Bertz CT molecular complexity index is 386. The van der Waals surface area contributed by atoms with Gasteiger partial charge in [-0.15, -0.1) is 4.37 Å². The van der Waals surface area contributed by atoms with Gasteiger partial charge in [-0.1, -0.05) is 0 Å². The third kappa shape index (κ3) is 4.53. The van der Waals surface area contributed by atoms with Gasteiger partial charge in [-0.3, -0.25) is 0 Å². The van der Waals surface area contributed by atoms with Gasteiger partial charge in [0.2, 0.25) is 5.82 Å². The van der Waals surface area contributed by atoms with Crippen molar-refractivity contribution in [2.24, 2.45) is 0 Å². The average molecular weight is 304 g/mol. The molecule has 1 aromatic rings. The number of rotatable bonds is 8. The molecule has 1 atom stereocenters. The van der Waals surface area contributed by atoms with Crippen LogP contribution in [-0.4, -0.2) is 77.7 Å². The molecule has 0 saturated carbocycles. The zero-order valence-corrected chi connectivity index (χ0v) is 12.0. The van der Waals surface area contributed by atoms with Crippen molar-refractivity contribution in [2.45, 2.75) is 6.10 Å². The molecule has 1 aliphatic rings. The van der Waals surface area contributed by atoms with Gasteiger partial charge >= 0.3 is 0 Å². The molecule has 9 heteroatoms. The minimum Gasteiger partial charge on any atom is -0.472 e. The predicted molar refractivity (Wildman–Crippen MR) is 74.4 cm³/mol. The molecule has 0 aromatic carbocycles. The molecule has 0 spiro atoms. The first-order valence-corrected chi connectivity index (χ1v) is 7.32. The normalized spacial score (nSPS) is 17.2. The van der Waals surface area contributed by atoms with E-state index in [1.807, 2.05) is 0 Å². The molecule has 8 nitrogen and oxygen atoms in total. The molecule has 114 valence electrons. The number of hydrogen-bond donors (Lipinski definition) is 3. The number of morpholine rings is 1. The first kappa shape index (κ1) is 15.4. The van der Waals surface area contributed by atoms with Crippen LogP contribution in [0.5, 0.6) is 5.88 Å². The highest BCUT2D eigenvalue weighted by atomic mass is 32.1. The van der Waals surface area contributed by atoms with E-state index in [0.29, 0.717) is 38.0 Å². The number of aliphatic hydroxyl groups excluding tert-OH is 2. The van der Waals surface area contributed by atoms with E-state index in [9.17, 15) is 5.11 Å². The average Bonchev–Trinajstić information content (AvgIpc) is 2.95. The van der Waals surface area contributed by atoms with Gasteiger partial charge in [-0.05, 0) is 0 Å². The van der Waals surface area contributed by atoms with Crippen molar-refractivity contribution in [2.75, 3.05) is 57.5 Å². The Hall–Kier alpha value is -1.00. The maximum atomic E-state index is 9.73. The van der Waals surface area contributed by atoms with E-state index in [1.54, 1.807) is 0 Å². The fourth-order valence-corrected chi connectivity index (χ4v) is 2.34. The second-order valence-corrected chi connectivity index (χ2v) is 4.91. The molecule has 1 aliphatic heterocycles. The molecule has 3 N–H and O–H groups in total. The van der Waals surface area contributed by atoms with E-state index in [-0.39, 0.29) is 13.2 Å². The number of ether oxygens (including phenoxy) is 2. The molecule has 1 fully saturated rings. The molecule has 0 bridgehead atoms. The van der Waals surface area contributed by atoms with Crippen molar-refractivity contribution < 1.29 is 19.7 Å². The maximum absolute atomic E-state index is 9.73. The molecule has 20 heavy (non-hydrogen) atoms. The van der Waals surface area contributed by atoms with Crippen LogP contribution in [0, 0.1) is 0 Å². The first-order chi connectivity index (χ1) is 9.81. The monoisotopic (exact) mass is 304 g/mol. The largest absolute Gasteiger partial charge is 0.472 e. The summed E-state index contributed by atoms with van der Waals surface area (Å²) in [5, 5.41) is 21.3. The number of aliphatic hydroxyl groups is 2. The van der Waals surface area contributed by atoms with Gasteiger partial charge in [0.25, 0.3) is 5.88 Å². The van der Waals surface area contributed by atoms with Crippen molar-refractivity contribution in [3.05, 3.63) is 0 Å². The van der Waals surface area contributed by atoms with Gasteiger partial charge in [-0.2, -0.15) is 4.37 Å². The van der Waals surface area contributed by atoms with Crippen LogP contribution in [-0.2, 0) is 4.74 Å². The van der Waals surface area contributed by atoms with Crippen molar-refractivity contribution in [1.82, 2.24) is 14.1 Å². The minimum atomic E-state index is -0.652. The summed E-state index contributed by atoms with van der Waals surface area (Å²) in [7, 11) is 0. The molecule has 2 rings (SSSR count). The lowest BCUT2D eigenvalue weighted by atomic mass is 10.3. The van der Waals surface area contributed by atoms with Gasteiger partial charge in [0, 0.05) is 26.2 Å². The Balaban J connectivity index is 1.79. The third-order valence-corrected chi connectivity index (χ3v) is 3.34. The molecule has 0 aliphatic carbocycles.